The third-order valence-corrected chi connectivity index (χ3v) is 4.26. The first-order valence-corrected chi connectivity index (χ1v) is 6.77. The number of nitrogens with zero attached hydrogens (tertiary/aromatic N) is 3. The molecule has 0 saturated heterocycles. The first-order valence-electron chi connectivity index (χ1n) is 5.89. The lowest BCUT2D eigenvalue weighted by Gasteiger charge is -2.31. The maximum atomic E-state index is 6.45. The largest absolute Gasteiger partial charge is 0.320 e. The summed E-state index contributed by atoms with van der Waals surface area (Å²) in [4.78, 5) is 4.62. The Labute approximate surface area is 103 Å². The van der Waals surface area contributed by atoms with Crippen LogP contribution in [0.15, 0.2) is 11.6 Å². The van der Waals surface area contributed by atoms with Crippen molar-refractivity contribution in [3.63, 3.8) is 0 Å². The van der Waals surface area contributed by atoms with Gasteiger partial charge < -0.3 is 5.73 Å². The Morgan fingerprint density at radius 3 is 2.82 bits per heavy atom. The molecule has 3 N–H and O–H groups in total. The van der Waals surface area contributed by atoms with Crippen molar-refractivity contribution in [3.8, 4) is 10.7 Å². The predicted molar refractivity (Wildman–Crippen MR) is 66.4 cm³/mol. The number of hydrogen-bond acceptors (Lipinski definition) is 5. The normalized spacial score (nSPS) is 19.4. The van der Waals surface area contributed by atoms with E-state index in [1.54, 1.807) is 17.5 Å². The van der Waals surface area contributed by atoms with E-state index in [0.717, 1.165) is 29.2 Å². The molecule has 0 spiro atoms. The highest BCUT2D eigenvalue weighted by Gasteiger charge is 2.31. The summed E-state index contributed by atoms with van der Waals surface area (Å²) in [7, 11) is 0. The Kier molecular flexibility index (Phi) is 2.68. The van der Waals surface area contributed by atoms with Gasteiger partial charge in [-0.25, -0.2) is 4.98 Å². The highest BCUT2D eigenvalue weighted by atomic mass is 32.1. The molecule has 1 fully saturated rings. The van der Waals surface area contributed by atoms with Crippen molar-refractivity contribution in [2.75, 3.05) is 0 Å². The first kappa shape index (κ1) is 10.9. The van der Waals surface area contributed by atoms with Crippen LogP contribution in [0.25, 0.3) is 10.7 Å². The molecule has 17 heavy (non-hydrogen) atoms. The van der Waals surface area contributed by atoms with E-state index in [1.807, 2.05) is 0 Å². The van der Waals surface area contributed by atoms with Gasteiger partial charge in [0.25, 0.3) is 0 Å². The molecule has 2 heterocycles. The van der Waals surface area contributed by atoms with E-state index in [9.17, 15) is 0 Å². The number of aromatic nitrogens is 4. The van der Waals surface area contributed by atoms with Crippen LogP contribution < -0.4 is 5.73 Å². The average Bonchev–Trinajstić information content (AvgIpc) is 3.01. The lowest BCUT2D eigenvalue weighted by molar-refractivity contribution is 0.296. The van der Waals surface area contributed by atoms with E-state index in [0.29, 0.717) is 0 Å². The average molecular weight is 249 g/mol. The summed E-state index contributed by atoms with van der Waals surface area (Å²) >= 11 is 1.59. The standard InChI is InChI=1S/C11H15N5S/c12-11(4-2-1-3-5-11)9-7-17-10(14-9)8-6-13-16-15-8/h6-7H,1-5,12H2,(H,13,15,16). The summed E-state index contributed by atoms with van der Waals surface area (Å²) < 4.78 is 0. The molecule has 90 valence electrons. The number of hydrogen-bond donors (Lipinski definition) is 2. The zero-order chi connectivity index (χ0) is 11.7. The zero-order valence-corrected chi connectivity index (χ0v) is 10.3. The Balaban J connectivity index is 1.89. The third-order valence-electron chi connectivity index (χ3n) is 3.39. The van der Waals surface area contributed by atoms with Gasteiger partial charge in [-0.3, -0.25) is 0 Å². The molecule has 0 bridgehead atoms. The van der Waals surface area contributed by atoms with Crippen molar-refractivity contribution in [1.82, 2.24) is 20.4 Å². The summed E-state index contributed by atoms with van der Waals surface area (Å²) in [5.74, 6) is 0. The lowest BCUT2D eigenvalue weighted by atomic mass is 9.81. The number of aromatic amines is 1. The number of nitrogens with two attached hydrogens (primary N) is 1. The zero-order valence-electron chi connectivity index (χ0n) is 9.52. The monoisotopic (exact) mass is 249 g/mol. The van der Waals surface area contributed by atoms with Crippen molar-refractivity contribution in [1.29, 1.82) is 0 Å². The summed E-state index contributed by atoms with van der Waals surface area (Å²) in [5, 5.41) is 13.4. The molecule has 0 amide bonds. The maximum Gasteiger partial charge on any atom is 0.145 e. The molecule has 0 radical (unpaired) electrons. The third kappa shape index (κ3) is 1.98. The molecule has 1 aliphatic rings. The second kappa shape index (κ2) is 4.19. The molecule has 1 saturated carbocycles. The quantitative estimate of drug-likeness (QED) is 0.853. The Morgan fingerprint density at radius 2 is 2.12 bits per heavy atom. The van der Waals surface area contributed by atoms with Gasteiger partial charge in [-0.15, -0.1) is 11.3 Å². The topological polar surface area (TPSA) is 80.5 Å². The van der Waals surface area contributed by atoms with E-state index >= 15 is 0 Å². The van der Waals surface area contributed by atoms with Crippen molar-refractivity contribution in [3.05, 3.63) is 17.3 Å². The van der Waals surface area contributed by atoms with E-state index in [1.165, 1.54) is 19.3 Å². The summed E-state index contributed by atoms with van der Waals surface area (Å²) in [6, 6.07) is 0. The van der Waals surface area contributed by atoms with E-state index in [-0.39, 0.29) is 5.54 Å². The fraction of sp³-hybridized carbons (Fsp3) is 0.545. The molecular weight excluding hydrogens is 234 g/mol. The second-order valence-corrected chi connectivity index (χ2v) is 5.47. The minimum absolute atomic E-state index is 0.225. The Hall–Kier alpha value is -1.27. The first-order chi connectivity index (χ1) is 8.28. The smallest absolute Gasteiger partial charge is 0.145 e. The number of nitrogens with one attached hydrogen (secondary N) is 1. The van der Waals surface area contributed by atoms with Gasteiger partial charge in [-0.1, -0.05) is 19.3 Å². The van der Waals surface area contributed by atoms with Crippen molar-refractivity contribution < 1.29 is 0 Å². The molecule has 2 aromatic heterocycles. The van der Waals surface area contributed by atoms with E-state index in [4.69, 9.17) is 5.73 Å². The SMILES string of the molecule is NC1(c2csc(-c3cn[nH]n3)n2)CCCCC1. The van der Waals surface area contributed by atoms with Gasteiger partial charge in [-0.2, -0.15) is 15.4 Å². The molecule has 0 atom stereocenters. The van der Waals surface area contributed by atoms with Gasteiger partial charge in [0, 0.05) is 5.38 Å². The fourth-order valence-electron chi connectivity index (χ4n) is 2.36. The molecule has 5 nitrogen and oxygen atoms in total. The summed E-state index contributed by atoms with van der Waals surface area (Å²) in [6.07, 6.45) is 7.45. The van der Waals surface area contributed by atoms with Gasteiger partial charge in [0.05, 0.1) is 17.4 Å². The molecule has 0 unspecified atom stereocenters. The Morgan fingerprint density at radius 1 is 1.29 bits per heavy atom. The van der Waals surface area contributed by atoms with E-state index in [2.05, 4.69) is 25.8 Å². The molecule has 6 heteroatoms. The Bertz CT molecular complexity index is 484. The summed E-state index contributed by atoms with van der Waals surface area (Å²) in [5.41, 5.74) is 8.03. The second-order valence-electron chi connectivity index (χ2n) is 4.61. The molecule has 2 aromatic rings. The van der Waals surface area contributed by atoms with Gasteiger partial charge in [0.2, 0.25) is 0 Å². The van der Waals surface area contributed by atoms with Crippen LogP contribution in [0.5, 0.6) is 0 Å². The molecular formula is C11H15N5S. The van der Waals surface area contributed by atoms with Crippen LogP contribution in [0.3, 0.4) is 0 Å². The predicted octanol–water partition coefficient (Wildman–Crippen LogP) is 2.05. The molecule has 0 aromatic carbocycles. The highest BCUT2D eigenvalue weighted by molar-refractivity contribution is 7.13. The molecule has 0 aliphatic heterocycles. The van der Waals surface area contributed by atoms with Crippen LogP contribution >= 0.6 is 11.3 Å². The maximum absolute atomic E-state index is 6.45. The minimum atomic E-state index is -0.225. The van der Waals surface area contributed by atoms with Crippen molar-refractivity contribution in [2.24, 2.45) is 5.73 Å². The van der Waals surface area contributed by atoms with Gasteiger partial charge in [0.15, 0.2) is 0 Å². The van der Waals surface area contributed by atoms with Crippen molar-refractivity contribution in [2.45, 2.75) is 37.6 Å². The van der Waals surface area contributed by atoms with Crippen LogP contribution in [-0.2, 0) is 5.54 Å². The molecule has 3 rings (SSSR count). The van der Waals surface area contributed by atoms with Crippen LogP contribution in [0.4, 0.5) is 0 Å². The van der Waals surface area contributed by atoms with Crippen LogP contribution in [-0.4, -0.2) is 20.4 Å². The van der Waals surface area contributed by atoms with Crippen LogP contribution in [0, 0.1) is 0 Å². The van der Waals surface area contributed by atoms with Gasteiger partial charge in [-0.05, 0) is 12.8 Å². The lowest BCUT2D eigenvalue weighted by Crippen LogP contribution is -2.38. The van der Waals surface area contributed by atoms with E-state index < -0.39 is 0 Å². The van der Waals surface area contributed by atoms with Crippen LogP contribution in [0.1, 0.15) is 37.8 Å². The summed E-state index contributed by atoms with van der Waals surface area (Å²) in [6.45, 7) is 0. The fourth-order valence-corrected chi connectivity index (χ4v) is 3.24. The van der Waals surface area contributed by atoms with Gasteiger partial charge in [0.1, 0.15) is 10.7 Å². The van der Waals surface area contributed by atoms with Crippen molar-refractivity contribution >= 4 is 11.3 Å². The highest BCUT2D eigenvalue weighted by Crippen LogP contribution is 2.36. The molecule has 1 aliphatic carbocycles. The van der Waals surface area contributed by atoms with Gasteiger partial charge >= 0.3 is 0 Å². The number of rotatable bonds is 2. The minimum Gasteiger partial charge on any atom is -0.320 e. The number of H-pyrrole nitrogens is 1. The van der Waals surface area contributed by atoms with Crippen LogP contribution in [0.2, 0.25) is 0 Å². The number of thiazole rings is 1.